The van der Waals surface area contributed by atoms with Crippen molar-refractivity contribution in [3.8, 4) is 22.3 Å². The highest BCUT2D eigenvalue weighted by molar-refractivity contribution is 5.78. The van der Waals surface area contributed by atoms with E-state index in [0.29, 0.717) is 11.5 Å². The van der Waals surface area contributed by atoms with Gasteiger partial charge in [-0.2, -0.15) is 13.2 Å². The predicted molar refractivity (Wildman–Crippen MR) is 122 cm³/mol. The molecule has 0 saturated carbocycles. The summed E-state index contributed by atoms with van der Waals surface area (Å²) in [5.41, 5.74) is 6.45. The maximum absolute atomic E-state index is 13.0. The number of halogens is 3. The number of rotatable bonds is 3. The van der Waals surface area contributed by atoms with Crippen molar-refractivity contribution >= 4 is 5.57 Å². The Morgan fingerprint density at radius 3 is 1.84 bits per heavy atom. The molecule has 0 spiro atoms. The molecule has 0 N–H and O–H groups in total. The van der Waals surface area contributed by atoms with E-state index in [4.69, 9.17) is 0 Å². The molecule has 1 aliphatic carbocycles. The highest BCUT2D eigenvalue weighted by Gasteiger charge is 2.30. The molecule has 0 nitrogen and oxygen atoms in total. The maximum Gasteiger partial charge on any atom is 0.416 e. The summed E-state index contributed by atoms with van der Waals surface area (Å²) in [6, 6.07) is 21.4. The Morgan fingerprint density at radius 2 is 1.26 bits per heavy atom. The fourth-order valence-corrected chi connectivity index (χ4v) is 3.67. The van der Waals surface area contributed by atoms with Crippen molar-refractivity contribution in [1.82, 2.24) is 0 Å². The molecule has 1 aliphatic rings. The first-order valence-corrected chi connectivity index (χ1v) is 10.3. The highest BCUT2D eigenvalue weighted by atomic mass is 19.4. The summed E-state index contributed by atoms with van der Waals surface area (Å²) in [6.07, 6.45) is 4.31. The van der Waals surface area contributed by atoms with Crippen LogP contribution >= 0.6 is 0 Å². The lowest BCUT2D eigenvalue weighted by Crippen LogP contribution is -2.04. The van der Waals surface area contributed by atoms with Gasteiger partial charge in [-0.3, -0.25) is 0 Å². The number of benzene rings is 3. The SMILES string of the molecule is CC1=CC(c2ccc(-c3ccc(-c4cccc(C(F)(F)F)c4)cc3)cc2)=CC=CC1C. The van der Waals surface area contributed by atoms with Gasteiger partial charge in [-0.25, -0.2) is 0 Å². The first-order chi connectivity index (χ1) is 14.8. The zero-order chi connectivity index (χ0) is 22.0. The molecule has 31 heavy (non-hydrogen) atoms. The zero-order valence-corrected chi connectivity index (χ0v) is 17.4. The van der Waals surface area contributed by atoms with E-state index < -0.39 is 11.7 Å². The van der Waals surface area contributed by atoms with Crippen LogP contribution in [0.4, 0.5) is 13.2 Å². The summed E-state index contributed by atoms with van der Waals surface area (Å²) < 4.78 is 39.0. The molecule has 0 saturated heterocycles. The van der Waals surface area contributed by atoms with E-state index in [1.54, 1.807) is 6.07 Å². The molecule has 0 bridgehead atoms. The Bertz CT molecular complexity index is 1160. The van der Waals surface area contributed by atoms with Crippen molar-refractivity contribution in [3.05, 3.63) is 114 Å². The minimum Gasteiger partial charge on any atom is -0.166 e. The second kappa shape index (κ2) is 8.43. The van der Waals surface area contributed by atoms with E-state index in [-0.39, 0.29) is 0 Å². The number of hydrogen-bond donors (Lipinski definition) is 0. The minimum absolute atomic E-state index is 0.434. The van der Waals surface area contributed by atoms with Crippen LogP contribution in [0.1, 0.15) is 25.0 Å². The largest absolute Gasteiger partial charge is 0.416 e. The third kappa shape index (κ3) is 4.72. The van der Waals surface area contributed by atoms with Crippen molar-refractivity contribution in [2.24, 2.45) is 5.92 Å². The third-order valence-electron chi connectivity index (χ3n) is 5.74. The minimum atomic E-state index is -4.34. The molecule has 1 unspecified atom stereocenters. The average Bonchev–Trinajstić information content (AvgIpc) is 2.94. The molecule has 3 heteroatoms. The lowest BCUT2D eigenvalue weighted by atomic mass is 9.96. The molecule has 0 radical (unpaired) electrons. The summed E-state index contributed by atoms with van der Waals surface area (Å²) in [6.45, 7) is 4.33. The van der Waals surface area contributed by atoms with Crippen LogP contribution in [0.3, 0.4) is 0 Å². The van der Waals surface area contributed by atoms with Crippen LogP contribution in [0.5, 0.6) is 0 Å². The van der Waals surface area contributed by atoms with Crippen LogP contribution in [0.2, 0.25) is 0 Å². The smallest absolute Gasteiger partial charge is 0.166 e. The Morgan fingerprint density at radius 1 is 0.710 bits per heavy atom. The number of allylic oxidation sites excluding steroid dienone is 6. The first-order valence-electron chi connectivity index (χ1n) is 10.3. The molecule has 1 atom stereocenters. The van der Waals surface area contributed by atoms with Crippen molar-refractivity contribution < 1.29 is 13.2 Å². The van der Waals surface area contributed by atoms with Gasteiger partial charge in [0.1, 0.15) is 0 Å². The van der Waals surface area contributed by atoms with Gasteiger partial charge in [0.15, 0.2) is 0 Å². The van der Waals surface area contributed by atoms with Gasteiger partial charge in [-0.1, -0.05) is 97.5 Å². The summed E-state index contributed by atoms with van der Waals surface area (Å²) in [5.74, 6) is 0.434. The van der Waals surface area contributed by atoms with E-state index in [1.165, 1.54) is 23.3 Å². The quantitative estimate of drug-likeness (QED) is 0.401. The topological polar surface area (TPSA) is 0 Å². The number of hydrogen-bond acceptors (Lipinski definition) is 0. The van der Waals surface area contributed by atoms with Crippen LogP contribution in [0.25, 0.3) is 27.8 Å². The average molecular weight is 416 g/mol. The van der Waals surface area contributed by atoms with Crippen molar-refractivity contribution in [1.29, 1.82) is 0 Å². The Hall–Kier alpha value is -3.33. The second-order valence-corrected chi connectivity index (χ2v) is 7.92. The van der Waals surface area contributed by atoms with E-state index in [2.05, 4.69) is 62.4 Å². The lowest BCUT2D eigenvalue weighted by molar-refractivity contribution is -0.137. The molecule has 0 amide bonds. The van der Waals surface area contributed by atoms with Gasteiger partial charge in [0, 0.05) is 0 Å². The molecule has 0 fully saturated rings. The third-order valence-corrected chi connectivity index (χ3v) is 5.74. The molecular weight excluding hydrogens is 393 g/mol. The summed E-state index contributed by atoms with van der Waals surface area (Å²) in [7, 11) is 0. The van der Waals surface area contributed by atoms with E-state index in [9.17, 15) is 13.2 Å². The van der Waals surface area contributed by atoms with Gasteiger partial charge in [0.25, 0.3) is 0 Å². The fourth-order valence-electron chi connectivity index (χ4n) is 3.67. The Kier molecular flexibility index (Phi) is 5.69. The standard InChI is InChI=1S/C28H23F3/c1-19-5-3-6-25(17-20(19)2)23-13-9-21(10-14-23)22-11-15-24(16-12-22)26-7-4-8-27(18-26)28(29,30)31/h3-19H,1-2H3. The maximum atomic E-state index is 13.0. The van der Waals surface area contributed by atoms with Gasteiger partial charge in [0.2, 0.25) is 0 Å². The molecular formula is C28H23F3. The van der Waals surface area contributed by atoms with Crippen LogP contribution in [0.15, 0.2) is 103 Å². The predicted octanol–water partition coefficient (Wildman–Crippen LogP) is 8.58. The lowest BCUT2D eigenvalue weighted by Gasteiger charge is -2.10. The van der Waals surface area contributed by atoms with Crippen LogP contribution in [0, 0.1) is 5.92 Å². The number of alkyl halides is 3. The monoisotopic (exact) mass is 416 g/mol. The molecule has 0 aliphatic heterocycles. The fraction of sp³-hybridized carbons (Fsp3) is 0.143. The van der Waals surface area contributed by atoms with Gasteiger partial charge in [-0.05, 0) is 58.4 Å². The van der Waals surface area contributed by atoms with E-state index in [0.717, 1.165) is 28.3 Å². The molecule has 4 rings (SSSR count). The highest BCUT2D eigenvalue weighted by Crippen LogP contribution is 2.33. The molecule has 156 valence electrons. The van der Waals surface area contributed by atoms with E-state index >= 15 is 0 Å². The molecule has 0 aromatic heterocycles. The summed E-state index contributed by atoms with van der Waals surface area (Å²) in [5, 5.41) is 0. The normalized spacial score (nSPS) is 16.5. The van der Waals surface area contributed by atoms with Gasteiger partial charge in [-0.15, -0.1) is 0 Å². The van der Waals surface area contributed by atoms with Crippen molar-refractivity contribution in [2.45, 2.75) is 20.0 Å². The summed E-state index contributed by atoms with van der Waals surface area (Å²) >= 11 is 0. The van der Waals surface area contributed by atoms with E-state index in [1.807, 2.05) is 24.3 Å². The van der Waals surface area contributed by atoms with Gasteiger partial charge < -0.3 is 0 Å². The molecule has 0 heterocycles. The molecule has 3 aromatic carbocycles. The van der Waals surface area contributed by atoms with Crippen molar-refractivity contribution in [2.75, 3.05) is 0 Å². The van der Waals surface area contributed by atoms with Gasteiger partial charge in [0.05, 0.1) is 5.56 Å². The first kappa shape index (κ1) is 20.9. The molecule has 3 aromatic rings. The zero-order valence-electron chi connectivity index (χ0n) is 17.4. The van der Waals surface area contributed by atoms with Gasteiger partial charge >= 0.3 is 6.18 Å². The van der Waals surface area contributed by atoms with Crippen LogP contribution < -0.4 is 0 Å². The Balaban J connectivity index is 1.57. The van der Waals surface area contributed by atoms with Crippen LogP contribution in [-0.2, 0) is 6.18 Å². The van der Waals surface area contributed by atoms with Crippen molar-refractivity contribution in [3.63, 3.8) is 0 Å². The second-order valence-electron chi connectivity index (χ2n) is 7.92. The summed E-state index contributed by atoms with van der Waals surface area (Å²) in [4.78, 5) is 0. The van der Waals surface area contributed by atoms with Crippen LogP contribution in [-0.4, -0.2) is 0 Å². The Labute approximate surface area is 181 Å².